The molecule has 1 unspecified atom stereocenters. The third-order valence-electron chi connectivity index (χ3n) is 11.6. The molecule has 2 atom stereocenters. The van der Waals surface area contributed by atoms with Gasteiger partial charge in [0, 0.05) is 19.3 Å². The van der Waals surface area contributed by atoms with Gasteiger partial charge < -0.3 is 14.2 Å². The summed E-state index contributed by atoms with van der Waals surface area (Å²) in [6, 6.07) is 0. The third kappa shape index (κ3) is 42.0. The first-order valence-corrected chi connectivity index (χ1v) is 24.8. The lowest BCUT2D eigenvalue weighted by Gasteiger charge is -2.18. The number of ether oxygens (including phenoxy) is 3. The molecule has 0 saturated heterocycles. The molecule has 0 fully saturated rings. The maximum atomic E-state index is 12.7. The van der Waals surface area contributed by atoms with Gasteiger partial charge in [0.15, 0.2) is 6.10 Å². The topological polar surface area (TPSA) is 78.9 Å². The molecule has 332 valence electrons. The molecule has 6 nitrogen and oxygen atoms in total. The van der Waals surface area contributed by atoms with E-state index in [2.05, 4.69) is 34.6 Å². The van der Waals surface area contributed by atoms with Gasteiger partial charge in [-0.3, -0.25) is 14.4 Å². The van der Waals surface area contributed by atoms with E-state index < -0.39 is 6.10 Å². The van der Waals surface area contributed by atoms with Gasteiger partial charge >= 0.3 is 17.9 Å². The average Bonchev–Trinajstić information content (AvgIpc) is 3.18. The molecule has 0 rings (SSSR count). The number of hydrogen-bond donors (Lipinski definition) is 0. The third-order valence-corrected chi connectivity index (χ3v) is 11.6. The SMILES string of the molecule is CCCCCCCCCCCCCCCCCCCC(=O)OC[C@@H](COC(=O)CCCCCCCCCCC(C)C)OC(=O)CCCCCCCCC(C)CC. The van der Waals surface area contributed by atoms with Crippen molar-refractivity contribution in [2.24, 2.45) is 11.8 Å². The van der Waals surface area contributed by atoms with Gasteiger partial charge in [-0.05, 0) is 31.1 Å². The Hall–Kier alpha value is -1.59. The highest BCUT2D eigenvalue weighted by Gasteiger charge is 2.19. The Morgan fingerprint density at radius 1 is 0.375 bits per heavy atom. The Morgan fingerprint density at radius 3 is 1.02 bits per heavy atom. The summed E-state index contributed by atoms with van der Waals surface area (Å²) in [7, 11) is 0. The summed E-state index contributed by atoms with van der Waals surface area (Å²) in [4.78, 5) is 37.8. The second-order valence-corrected chi connectivity index (χ2v) is 17.8. The van der Waals surface area contributed by atoms with Gasteiger partial charge in [0.1, 0.15) is 13.2 Å². The van der Waals surface area contributed by atoms with Crippen LogP contribution in [0.2, 0.25) is 0 Å². The second kappa shape index (κ2) is 43.0. The molecule has 0 aliphatic carbocycles. The first kappa shape index (κ1) is 54.4. The monoisotopic (exact) mass is 793 g/mol. The van der Waals surface area contributed by atoms with Crippen LogP contribution in [-0.2, 0) is 28.6 Å². The fourth-order valence-electron chi connectivity index (χ4n) is 7.43. The van der Waals surface area contributed by atoms with Crippen LogP contribution in [0.15, 0.2) is 0 Å². The van der Waals surface area contributed by atoms with E-state index >= 15 is 0 Å². The largest absolute Gasteiger partial charge is 0.462 e. The van der Waals surface area contributed by atoms with Crippen LogP contribution >= 0.6 is 0 Å². The minimum atomic E-state index is -0.762. The molecule has 0 saturated carbocycles. The van der Waals surface area contributed by atoms with Crippen molar-refractivity contribution >= 4 is 17.9 Å². The highest BCUT2D eigenvalue weighted by atomic mass is 16.6. The summed E-state index contributed by atoms with van der Waals surface area (Å²) in [5.74, 6) is 0.749. The normalized spacial score (nSPS) is 12.5. The van der Waals surface area contributed by atoms with Crippen LogP contribution < -0.4 is 0 Å². The van der Waals surface area contributed by atoms with Crippen LogP contribution in [-0.4, -0.2) is 37.2 Å². The summed E-state index contributed by atoms with van der Waals surface area (Å²) in [5, 5.41) is 0. The van der Waals surface area contributed by atoms with Crippen molar-refractivity contribution in [1.82, 2.24) is 0 Å². The molecule has 0 aromatic heterocycles. The van der Waals surface area contributed by atoms with Crippen molar-refractivity contribution < 1.29 is 28.6 Å². The smallest absolute Gasteiger partial charge is 0.306 e. The zero-order valence-electron chi connectivity index (χ0n) is 38.3. The van der Waals surface area contributed by atoms with E-state index in [0.29, 0.717) is 19.3 Å². The van der Waals surface area contributed by atoms with Crippen LogP contribution in [0.25, 0.3) is 0 Å². The highest BCUT2D eigenvalue weighted by Crippen LogP contribution is 2.17. The minimum Gasteiger partial charge on any atom is -0.462 e. The zero-order chi connectivity index (χ0) is 41.2. The molecule has 0 amide bonds. The van der Waals surface area contributed by atoms with Crippen molar-refractivity contribution in [2.75, 3.05) is 13.2 Å². The van der Waals surface area contributed by atoms with Gasteiger partial charge in [0.2, 0.25) is 0 Å². The van der Waals surface area contributed by atoms with Crippen LogP contribution in [0.5, 0.6) is 0 Å². The Morgan fingerprint density at radius 2 is 0.679 bits per heavy atom. The van der Waals surface area contributed by atoms with Gasteiger partial charge in [-0.2, -0.15) is 0 Å². The molecule has 0 N–H and O–H groups in total. The molecule has 0 aliphatic heterocycles. The summed E-state index contributed by atoms with van der Waals surface area (Å²) < 4.78 is 16.8. The van der Waals surface area contributed by atoms with Crippen LogP contribution in [0.1, 0.15) is 272 Å². The number of unbranched alkanes of at least 4 members (excludes halogenated alkanes) is 28. The Kier molecular flexibility index (Phi) is 41.8. The maximum Gasteiger partial charge on any atom is 0.306 e. The fraction of sp³-hybridized carbons (Fsp3) is 0.940. The molecule has 56 heavy (non-hydrogen) atoms. The molecule has 0 radical (unpaired) electrons. The predicted molar refractivity (Wildman–Crippen MR) is 238 cm³/mol. The number of carbonyl (C=O) groups excluding carboxylic acids is 3. The molecule has 0 bridgehead atoms. The van der Waals surface area contributed by atoms with Crippen molar-refractivity contribution in [2.45, 2.75) is 278 Å². The first-order chi connectivity index (χ1) is 27.3. The molecule has 0 aromatic rings. The van der Waals surface area contributed by atoms with Gasteiger partial charge in [-0.1, -0.05) is 234 Å². The lowest BCUT2D eigenvalue weighted by Crippen LogP contribution is -2.30. The Labute approximate surface area is 348 Å². The molecule has 0 aromatic carbocycles. The summed E-state index contributed by atoms with van der Waals surface area (Å²) >= 11 is 0. The van der Waals surface area contributed by atoms with Crippen LogP contribution in [0.3, 0.4) is 0 Å². The number of hydrogen-bond acceptors (Lipinski definition) is 6. The molecular formula is C50H96O6. The van der Waals surface area contributed by atoms with Crippen molar-refractivity contribution in [1.29, 1.82) is 0 Å². The van der Waals surface area contributed by atoms with E-state index in [0.717, 1.165) is 69.6 Å². The first-order valence-electron chi connectivity index (χ1n) is 24.8. The van der Waals surface area contributed by atoms with E-state index in [9.17, 15) is 14.4 Å². The van der Waals surface area contributed by atoms with E-state index in [1.54, 1.807) is 0 Å². The standard InChI is InChI=1S/C50H96O6/c1-6-8-9-10-11-12-13-14-15-16-17-18-19-20-24-30-35-40-48(51)54-43-47(56-50(53)42-37-32-27-26-29-34-39-46(5)7-2)44-55-49(52)41-36-31-25-22-21-23-28-33-38-45(3)4/h45-47H,6-44H2,1-5H3/t46?,47-/m0/s1. The fourth-order valence-corrected chi connectivity index (χ4v) is 7.43. The zero-order valence-corrected chi connectivity index (χ0v) is 38.3. The summed E-state index contributed by atoms with van der Waals surface area (Å²) in [5.41, 5.74) is 0. The minimum absolute atomic E-state index is 0.0653. The molecule has 0 spiro atoms. The van der Waals surface area contributed by atoms with Gasteiger partial charge in [0.05, 0.1) is 0 Å². The Balaban J connectivity index is 4.27. The van der Waals surface area contributed by atoms with Crippen LogP contribution in [0.4, 0.5) is 0 Å². The van der Waals surface area contributed by atoms with Gasteiger partial charge in [-0.25, -0.2) is 0 Å². The number of rotatable bonds is 44. The quantitative estimate of drug-likeness (QED) is 0.0347. The number of carbonyl (C=O) groups is 3. The average molecular weight is 793 g/mol. The highest BCUT2D eigenvalue weighted by molar-refractivity contribution is 5.71. The summed E-state index contributed by atoms with van der Waals surface area (Å²) in [6.45, 7) is 11.3. The Bertz CT molecular complexity index is 856. The molecule has 0 aliphatic rings. The van der Waals surface area contributed by atoms with E-state index in [1.807, 2.05) is 0 Å². The van der Waals surface area contributed by atoms with Gasteiger partial charge in [-0.15, -0.1) is 0 Å². The molecule has 6 heteroatoms. The lowest BCUT2D eigenvalue weighted by atomic mass is 10.00. The van der Waals surface area contributed by atoms with Crippen LogP contribution in [0, 0.1) is 11.8 Å². The lowest BCUT2D eigenvalue weighted by molar-refractivity contribution is -0.167. The molecular weight excluding hydrogens is 697 g/mol. The maximum absolute atomic E-state index is 12.7. The number of esters is 3. The summed E-state index contributed by atoms with van der Waals surface area (Å²) in [6.07, 6.45) is 42.4. The van der Waals surface area contributed by atoms with Crippen molar-refractivity contribution in [3.8, 4) is 0 Å². The van der Waals surface area contributed by atoms with E-state index in [-0.39, 0.29) is 31.1 Å². The van der Waals surface area contributed by atoms with Crippen molar-refractivity contribution in [3.63, 3.8) is 0 Å². The second-order valence-electron chi connectivity index (χ2n) is 17.8. The predicted octanol–water partition coefficient (Wildman–Crippen LogP) is 15.8. The van der Waals surface area contributed by atoms with Crippen molar-refractivity contribution in [3.05, 3.63) is 0 Å². The van der Waals surface area contributed by atoms with Gasteiger partial charge in [0.25, 0.3) is 0 Å². The molecule has 0 heterocycles. The van der Waals surface area contributed by atoms with E-state index in [4.69, 9.17) is 14.2 Å². The van der Waals surface area contributed by atoms with E-state index in [1.165, 1.54) is 161 Å².